The largest absolute Gasteiger partial charge is 0.360 e. The second-order valence-electron chi connectivity index (χ2n) is 6.23. The number of nitrogens with one attached hydrogen (secondary N) is 1. The zero-order valence-corrected chi connectivity index (χ0v) is 14.5. The molecule has 1 heterocycles. The van der Waals surface area contributed by atoms with Crippen molar-refractivity contribution in [3.8, 4) is 0 Å². The molecule has 0 saturated carbocycles. The van der Waals surface area contributed by atoms with E-state index in [0.717, 1.165) is 11.1 Å². The fourth-order valence-electron chi connectivity index (χ4n) is 3.11. The van der Waals surface area contributed by atoms with Gasteiger partial charge in [0.15, 0.2) is 0 Å². The van der Waals surface area contributed by atoms with E-state index in [1.54, 1.807) is 18.2 Å². The molecule has 1 N–H and O–H groups in total. The van der Waals surface area contributed by atoms with Crippen molar-refractivity contribution in [3.05, 3.63) is 110 Å². The van der Waals surface area contributed by atoms with E-state index in [2.05, 4.69) is 5.32 Å². The zero-order valence-electron chi connectivity index (χ0n) is 14.5. The van der Waals surface area contributed by atoms with Crippen LogP contribution in [0.25, 0.3) is 0 Å². The lowest BCUT2D eigenvalue weighted by Crippen LogP contribution is -2.20. The molecule has 3 aromatic carbocycles. The molecule has 0 spiro atoms. The quantitative estimate of drug-likeness (QED) is 0.535. The molecule has 28 heavy (non-hydrogen) atoms. The highest BCUT2D eigenvalue weighted by Gasteiger charge is 2.25. The van der Waals surface area contributed by atoms with Crippen molar-refractivity contribution >= 4 is 22.8 Å². The molecule has 8 heteroatoms. The molecule has 0 saturated heterocycles. The van der Waals surface area contributed by atoms with Gasteiger partial charge in [0, 0.05) is 41.1 Å². The molecule has 0 fully saturated rings. The Bertz CT molecular complexity index is 1090. The number of hydrogen-bond donors (Lipinski definition) is 1. The highest BCUT2D eigenvalue weighted by molar-refractivity contribution is 6.17. The Morgan fingerprint density at radius 3 is 2.11 bits per heavy atom. The highest BCUT2D eigenvalue weighted by Crippen LogP contribution is 2.34. The number of rotatable bonds is 4. The first-order chi connectivity index (χ1) is 13.5. The number of anilines is 1. The molecular weight excluding hydrogens is 360 g/mol. The van der Waals surface area contributed by atoms with E-state index in [0.29, 0.717) is 17.0 Å². The van der Waals surface area contributed by atoms with E-state index in [1.165, 1.54) is 24.3 Å². The van der Waals surface area contributed by atoms with Gasteiger partial charge >= 0.3 is 0 Å². The number of nitrogens with zero attached hydrogens (tertiary/aromatic N) is 3. The van der Waals surface area contributed by atoms with Gasteiger partial charge in [-0.15, -0.1) is 0 Å². The first kappa shape index (κ1) is 17.3. The predicted molar refractivity (Wildman–Crippen MR) is 105 cm³/mol. The maximum atomic E-state index is 11.2. The Morgan fingerprint density at radius 1 is 0.821 bits per heavy atom. The first-order valence-electron chi connectivity index (χ1n) is 8.46. The summed E-state index contributed by atoms with van der Waals surface area (Å²) in [6, 6.07) is 20.2. The van der Waals surface area contributed by atoms with Gasteiger partial charge in [-0.3, -0.25) is 25.2 Å². The number of nitro benzene ring substituents is 2. The molecule has 0 amide bonds. The number of fused-ring (bicyclic) bond motifs is 1. The third-order valence-electron chi connectivity index (χ3n) is 4.49. The molecule has 1 atom stereocenters. The van der Waals surface area contributed by atoms with Crippen LogP contribution in [-0.2, 0) is 0 Å². The van der Waals surface area contributed by atoms with Crippen LogP contribution in [0, 0.1) is 20.2 Å². The van der Waals surface area contributed by atoms with Crippen LogP contribution in [0.4, 0.5) is 17.1 Å². The molecular formula is C20H14N4O4. The topological polar surface area (TPSA) is 111 Å². The molecule has 1 aliphatic heterocycles. The van der Waals surface area contributed by atoms with Crippen molar-refractivity contribution in [2.24, 2.45) is 4.99 Å². The van der Waals surface area contributed by atoms with Crippen molar-refractivity contribution < 1.29 is 9.85 Å². The van der Waals surface area contributed by atoms with Gasteiger partial charge < -0.3 is 5.32 Å². The van der Waals surface area contributed by atoms with Gasteiger partial charge in [0.1, 0.15) is 6.17 Å². The van der Waals surface area contributed by atoms with Crippen LogP contribution in [-0.4, -0.2) is 15.6 Å². The Balaban J connectivity index is 1.82. The van der Waals surface area contributed by atoms with Gasteiger partial charge in [-0.1, -0.05) is 30.3 Å². The van der Waals surface area contributed by atoms with Crippen molar-refractivity contribution in [1.29, 1.82) is 0 Å². The first-order valence-corrected chi connectivity index (χ1v) is 8.46. The van der Waals surface area contributed by atoms with Crippen LogP contribution in [0.1, 0.15) is 22.9 Å². The van der Waals surface area contributed by atoms with E-state index in [1.807, 2.05) is 30.3 Å². The molecule has 138 valence electrons. The smallest absolute Gasteiger partial charge is 0.270 e. The van der Waals surface area contributed by atoms with Gasteiger partial charge in [-0.2, -0.15) is 0 Å². The summed E-state index contributed by atoms with van der Waals surface area (Å²) in [6.07, 6.45) is -0.468. The third-order valence-corrected chi connectivity index (χ3v) is 4.49. The molecule has 8 nitrogen and oxygen atoms in total. The van der Waals surface area contributed by atoms with Gasteiger partial charge in [0.25, 0.3) is 11.4 Å². The summed E-state index contributed by atoms with van der Waals surface area (Å²) in [5.41, 5.74) is 3.55. The summed E-state index contributed by atoms with van der Waals surface area (Å²) in [7, 11) is 0. The van der Waals surface area contributed by atoms with Crippen molar-refractivity contribution in [2.75, 3.05) is 5.32 Å². The van der Waals surface area contributed by atoms with Crippen molar-refractivity contribution in [3.63, 3.8) is 0 Å². The normalized spacial score (nSPS) is 15.1. The fraction of sp³-hybridized carbons (Fsp3) is 0.0500. The average molecular weight is 374 g/mol. The number of benzene rings is 3. The SMILES string of the molecule is O=[N+]([O-])c1ccc(C2N=C(c3ccccc3)c3cc([N+](=O)[O-])ccc3N2)cc1. The fourth-order valence-corrected chi connectivity index (χ4v) is 3.11. The Kier molecular flexibility index (Phi) is 4.29. The third kappa shape index (κ3) is 3.18. The molecule has 0 radical (unpaired) electrons. The molecule has 0 aromatic heterocycles. The van der Waals surface area contributed by atoms with Crippen LogP contribution in [0.5, 0.6) is 0 Å². The molecule has 1 unspecified atom stereocenters. The Labute approximate surface area is 159 Å². The summed E-state index contributed by atoms with van der Waals surface area (Å²) < 4.78 is 0. The summed E-state index contributed by atoms with van der Waals surface area (Å²) in [5.74, 6) is 0. The zero-order chi connectivity index (χ0) is 19.7. The summed E-state index contributed by atoms with van der Waals surface area (Å²) in [5, 5.41) is 25.3. The van der Waals surface area contributed by atoms with Gasteiger partial charge in [0.05, 0.1) is 15.6 Å². The van der Waals surface area contributed by atoms with E-state index in [9.17, 15) is 20.2 Å². The number of hydrogen-bond acceptors (Lipinski definition) is 6. The predicted octanol–water partition coefficient (Wildman–Crippen LogP) is 4.46. The maximum Gasteiger partial charge on any atom is 0.270 e. The minimum absolute atomic E-state index is 0.00264. The van der Waals surface area contributed by atoms with Crippen LogP contribution >= 0.6 is 0 Å². The number of non-ortho nitro benzene ring substituents is 2. The minimum Gasteiger partial charge on any atom is -0.360 e. The van der Waals surface area contributed by atoms with Gasteiger partial charge in [-0.25, -0.2) is 0 Å². The second-order valence-corrected chi connectivity index (χ2v) is 6.23. The van der Waals surface area contributed by atoms with Gasteiger partial charge in [-0.05, 0) is 23.8 Å². The molecule has 3 aromatic rings. The lowest BCUT2D eigenvalue weighted by molar-refractivity contribution is -0.385. The second kappa shape index (κ2) is 6.92. The van der Waals surface area contributed by atoms with Crippen LogP contribution in [0.15, 0.2) is 77.8 Å². The van der Waals surface area contributed by atoms with Crippen molar-refractivity contribution in [1.82, 2.24) is 0 Å². The molecule has 1 aliphatic rings. The van der Waals surface area contributed by atoms with Crippen LogP contribution in [0.3, 0.4) is 0 Å². The minimum atomic E-state index is -0.468. The maximum absolute atomic E-state index is 11.2. The molecule has 0 bridgehead atoms. The Morgan fingerprint density at radius 2 is 1.46 bits per heavy atom. The number of nitro groups is 2. The summed E-state index contributed by atoms with van der Waals surface area (Å²) in [4.78, 5) is 25.9. The monoisotopic (exact) mass is 374 g/mol. The Hall–Kier alpha value is -4.07. The summed E-state index contributed by atoms with van der Waals surface area (Å²) in [6.45, 7) is 0. The van der Waals surface area contributed by atoms with Crippen molar-refractivity contribution in [2.45, 2.75) is 6.17 Å². The van der Waals surface area contributed by atoms with E-state index in [-0.39, 0.29) is 11.4 Å². The highest BCUT2D eigenvalue weighted by atomic mass is 16.6. The molecule has 0 aliphatic carbocycles. The van der Waals surface area contributed by atoms with Gasteiger partial charge in [0.2, 0.25) is 0 Å². The van der Waals surface area contributed by atoms with E-state index in [4.69, 9.17) is 4.99 Å². The average Bonchev–Trinajstić information content (AvgIpc) is 2.73. The number of aliphatic imine (C=N–C) groups is 1. The van der Waals surface area contributed by atoms with Crippen LogP contribution in [0.2, 0.25) is 0 Å². The van der Waals surface area contributed by atoms with Crippen LogP contribution < -0.4 is 5.32 Å². The summed E-state index contributed by atoms with van der Waals surface area (Å²) >= 11 is 0. The van der Waals surface area contributed by atoms with E-state index < -0.39 is 16.0 Å². The molecule has 4 rings (SSSR count). The van der Waals surface area contributed by atoms with E-state index >= 15 is 0 Å². The lowest BCUT2D eigenvalue weighted by Gasteiger charge is -2.26. The standard InChI is InChI=1S/C20H14N4O4/c25-23(26)15-8-6-14(7-9-15)20-21-18-11-10-16(24(27)28)12-17(18)19(22-20)13-4-2-1-3-5-13/h1-12,20-21H. The lowest BCUT2D eigenvalue weighted by atomic mass is 9.97.